The maximum Gasteiger partial charge on any atom is 0.0540 e. The van der Waals surface area contributed by atoms with Crippen LogP contribution in [0.15, 0.2) is 188 Å². The highest BCUT2D eigenvalue weighted by molar-refractivity contribution is 6.00. The molecule has 2 aliphatic carbocycles. The van der Waals surface area contributed by atoms with Gasteiger partial charge in [-0.3, -0.25) is 0 Å². The van der Waals surface area contributed by atoms with E-state index in [9.17, 15) is 0 Å². The molecule has 0 unspecified atom stereocenters. The monoisotopic (exact) mass is 733 g/mol. The van der Waals surface area contributed by atoms with Crippen LogP contribution in [0, 0.1) is 0 Å². The molecular weight excluding hydrogens is 687 g/mol. The zero-order valence-corrected chi connectivity index (χ0v) is 33.3. The minimum absolute atomic E-state index is 0.000142. The Hall–Kier alpha value is -6.44. The third-order valence-electron chi connectivity index (χ3n) is 13.2. The van der Waals surface area contributed by atoms with Gasteiger partial charge in [0.25, 0.3) is 0 Å². The van der Waals surface area contributed by atoms with Gasteiger partial charge in [0.1, 0.15) is 0 Å². The van der Waals surface area contributed by atoms with Crippen molar-refractivity contribution < 1.29 is 0 Å². The van der Waals surface area contributed by atoms with E-state index in [1.807, 2.05) is 0 Å². The average molecular weight is 734 g/mol. The molecule has 2 aliphatic rings. The molecule has 0 saturated carbocycles. The highest BCUT2D eigenvalue weighted by atomic mass is 15.1. The first-order valence-electron chi connectivity index (χ1n) is 20.6. The van der Waals surface area contributed by atoms with Crippen molar-refractivity contribution in [1.29, 1.82) is 0 Å². The van der Waals surface area contributed by atoms with Crippen molar-refractivity contribution in [2.75, 3.05) is 4.90 Å². The van der Waals surface area contributed by atoms with Gasteiger partial charge in [-0.15, -0.1) is 0 Å². The quantitative estimate of drug-likeness (QED) is 0.150. The van der Waals surface area contributed by atoms with Crippen LogP contribution < -0.4 is 4.90 Å². The first-order chi connectivity index (χ1) is 28.0. The minimum Gasteiger partial charge on any atom is -0.309 e. The number of fused-ring (bicyclic) bond motifs is 6. The Balaban J connectivity index is 1.18. The first kappa shape index (κ1) is 35.0. The van der Waals surface area contributed by atoms with Crippen LogP contribution in [0.1, 0.15) is 62.8 Å². The van der Waals surface area contributed by atoms with Crippen LogP contribution in [0.4, 0.5) is 17.1 Å². The Bertz CT molecular complexity index is 2780. The largest absolute Gasteiger partial charge is 0.309 e. The standard InChI is InChI=1S/C56H47N/c1-5-56(6-2)49-30-15-11-25-47(49)53-45(27-19-31-50(53)56)44-24-13-17-33-52(44)57(51-32-16-12-22-41(51)38-20-8-7-9-21-38)40-36-34-39(35-37-40)42-26-18-28-46-43-23-10-14-29-48(43)55(3,4)54(42)46/h7-37H,5-6H2,1-4H3. The van der Waals surface area contributed by atoms with Crippen LogP contribution in [0.3, 0.4) is 0 Å². The molecule has 0 fully saturated rings. The summed E-state index contributed by atoms with van der Waals surface area (Å²) in [6.45, 7) is 9.45. The lowest BCUT2D eigenvalue weighted by atomic mass is 9.73. The summed E-state index contributed by atoms with van der Waals surface area (Å²) in [6, 6.07) is 69.9. The summed E-state index contributed by atoms with van der Waals surface area (Å²) in [5.41, 5.74) is 21.9. The normalized spacial score (nSPS) is 14.0. The van der Waals surface area contributed by atoms with Gasteiger partial charge in [-0.1, -0.05) is 191 Å². The van der Waals surface area contributed by atoms with Crippen LogP contribution in [0.2, 0.25) is 0 Å². The molecule has 0 radical (unpaired) electrons. The molecule has 0 aromatic heterocycles. The number of rotatable bonds is 8. The van der Waals surface area contributed by atoms with Crippen molar-refractivity contribution in [1.82, 2.24) is 0 Å². The second kappa shape index (κ2) is 13.6. The van der Waals surface area contributed by atoms with Crippen LogP contribution in [0.5, 0.6) is 0 Å². The molecule has 10 rings (SSSR count). The Morgan fingerprint density at radius 1 is 0.368 bits per heavy atom. The molecule has 0 spiro atoms. The van der Waals surface area contributed by atoms with E-state index in [0.717, 1.165) is 29.9 Å². The van der Waals surface area contributed by atoms with Crippen molar-refractivity contribution in [3.8, 4) is 55.6 Å². The van der Waals surface area contributed by atoms with Gasteiger partial charge in [-0.25, -0.2) is 0 Å². The predicted molar refractivity (Wildman–Crippen MR) is 242 cm³/mol. The summed E-state index contributed by atoms with van der Waals surface area (Å²) in [5, 5.41) is 0. The molecule has 8 aromatic rings. The fourth-order valence-corrected chi connectivity index (χ4v) is 10.5. The zero-order chi connectivity index (χ0) is 38.7. The van der Waals surface area contributed by atoms with Crippen LogP contribution in [-0.4, -0.2) is 0 Å². The molecule has 1 nitrogen and oxygen atoms in total. The van der Waals surface area contributed by atoms with Gasteiger partial charge < -0.3 is 4.90 Å². The van der Waals surface area contributed by atoms with Gasteiger partial charge in [-0.05, 0) is 104 Å². The lowest BCUT2D eigenvalue weighted by Gasteiger charge is -2.31. The second-order valence-corrected chi connectivity index (χ2v) is 16.2. The lowest BCUT2D eigenvalue weighted by molar-refractivity contribution is 0.490. The smallest absolute Gasteiger partial charge is 0.0540 e. The van der Waals surface area contributed by atoms with E-state index in [4.69, 9.17) is 0 Å². The molecule has 0 saturated heterocycles. The maximum atomic E-state index is 2.49. The molecule has 0 heterocycles. The highest BCUT2D eigenvalue weighted by Crippen LogP contribution is 2.57. The Morgan fingerprint density at radius 3 is 1.58 bits per heavy atom. The van der Waals surface area contributed by atoms with E-state index in [2.05, 4.69) is 221 Å². The molecule has 276 valence electrons. The minimum atomic E-state index is -0.0948. The van der Waals surface area contributed by atoms with E-state index in [1.54, 1.807) is 0 Å². The van der Waals surface area contributed by atoms with Crippen molar-refractivity contribution in [3.05, 3.63) is 210 Å². The molecule has 0 N–H and O–H groups in total. The summed E-state index contributed by atoms with van der Waals surface area (Å²) in [5.74, 6) is 0. The second-order valence-electron chi connectivity index (χ2n) is 16.2. The van der Waals surface area contributed by atoms with E-state index >= 15 is 0 Å². The molecule has 57 heavy (non-hydrogen) atoms. The van der Waals surface area contributed by atoms with Gasteiger partial charge in [0.15, 0.2) is 0 Å². The number of benzene rings is 8. The van der Waals surface area contributed by atoms with Crippen molar-refractivity contribution >= 4 is 17.1 Å². The predicted octanol–water partition coefficient (Wildman–Crippen LogP) is 15.6. The van der Waals surface area contributed by atoms with Gasteiger partial charge >= 0.3 is 0 Å². The Kier molecular flexibility index (Phi) is 8.38. The number of para-hydroxylation sites is 2. The lowest BCUT2D eigenvalue weighted by Crippen LogP contribution is -2.22. The number of nitrogens with zero attached hydrogens (tertiary/aromatic N) is 1. The van der Waals surface area contributed by atoms with Crippen molar-refractivity contribution in [2.24, 2.45) is 0 Å². The zero-order valence-electron chi connectivity index (χ0n) is 33.3. The molecule has 0 bridgehead atoms. The summed E-state index contributed by atoms with van der Waals surface area (Å²) in [7, 11) is 0. The third kappa shape index (κ3) is 5.29. The topological polar surface area (TPSA) is 3.24 Å². The molecule has 8 aromatic carbocycles. The van der Waals surface area contributed by atoms with E-state index in [-0.39, 0.29) is 10.8 Å². The molecule has 1 heteroatoms. The summed E-state index contributed by atoms with van der Waals surface area (Å²) in [4.78, 5) is 2.49. The Morgan fingerprint density at radius 2 is 0.860 bits per heavy atom. The van der Waals surface area contributed by atoms with Gasteiger partial charge in [0, 0.05) is 27.6 Å². The van der Waals surface area contributed by atoms with Gasteiger partial charge in [0.05, 0.1) is 11.4 Å². The average Bonchev–Trinajstić information content (AvgIpc) is 3.70. The summed E-state index contributed by atoms with van der Waals surface area (Å²) < 4.78 is 0. The van der Waals surface area contributed by atoms with E-state index in [1.165, 1.54) is 77.9 Å². The fraction of sp³-hybridized carbons (Fsp3) is 0.143. The van der Waals surface area contributed by atoms with Crippen LogP contribution in [0.25, 0.3) is 55.6 Å². The van der Waals surface area contributed by atoms with Crippen molar-refractivity contribution in [2.45, 2.75) is 51.4 Å². The van der Waals surface area contributed by atoms with Crippen molar-refractivity contribution in [3.63, 3.8) is 0 Å². The third-order valence-corrected chi connectivity index (χ3v) is 13.2. The van der Waals surface area contributed by atoms with Gasteiger partial charge in [0.2, 0.25) is 0 Å². The summed E-state index contributed by atoms with van der Waals surface area (Å²) in [6.07, 6.45) is 2.13. The number of anilines is 3. The maximum absolute atomic E-state index is 2.49. The van der Waals surface area contributed by atoms with E-state index < -0.39 is 0 Å². The molecular formula is C56H47N. The first-order valence-corrected chi connectivity index (χ1v) is 20.6. The van der Waals surface area contributed by atoms with E-state index in [0.29, 0.717) is 0 Å². The highest BCUT2D eigenvalue weighted by Gasteiger charge is 2.42. The summed E-state index contributed by atoms with van der Waals surface area (Å²) >= 11 is 0. The molecule has 0 amide bonds. The number of hydrogen-bond donors (Lipinski definition) is 0. The van der Waals surface area contributed by atoms with Gasteiger partial charge in [-0.2, -0.15) is 0 Å². The molecule has 0 aliphatic heterocycles. The van der Waals surface area contributed by atoms with Crippen LogP contribution >= 0.6 is 0 Å². The SMILES string of the molecule is CCC1(CC)c2ccccc2-c2c(-c3ccccc3N(c3ccc(-c4cccc5c4C(C)(C)c4ccccc4-5)cc3)c3ccccc3-c3ccccc3)cccc21. The van der Waals surface area contributed by atoms with Crippen LogP contribution in [-0.2, 0) is 10.8 Å². The fourth-order valence-electron chi connectivity index (χ4n) is 10.5. The Labute approximate surface area is 337 Å². The molecule has 0 atom stereocenters. The number of hydrogen-bond acceptors (Lipinski definition) is 1.